The molecule has 0 saturated carbocycles. The average Bonchev–Trinajstić information content (AvgIpc) is 2.30. The molecule has 0 amide bonds. The fourth-order valence-electron chi connectivity index (χ4n) is 1.12. The van der Waals surface area contributed by atoms with Crippen LogP contribution in [0.2, 0.25) is 0 Å². The molecule has 0 unspecified atom stereocenters. The van der Waals surface area contributed by atoms with Crippen molar-refractivity contribution >= 4 is 11.5 Å². The molecule has 1 aromatic heterocycles. The second-order valence-corrected chi connectivity index (χ2v) is 3.32. The lowest BCUT2D eigenvalue weighted by Crippen LogP contribution is -2.13. The Morgan fingerprint density at radius 3 is 2.88 bits per heavy atom. The summed E-state index contributed by atoms with van der Waals surface area (Å²) >= 11 is 0. The zero-order valence-electron chi connectivity index (χ0n) is 9.37. The topological polar surface area (TPSA) is 84.0 Å². The molecule has 6 heteroatoms. The molecule has 0 aliphatic heterocycles. The summed E-state index contributed by atoms with van der Waals surface area (Å²) < 4.78 is 16.7. The van der Waals surface area contributed by atoms with E-state index in [9.17, 15) is 4.39 Å². The highest BCUT2D eigenvalue weighted by molar-refractivity contribution is 5.93. The number of halogens is 1. The molecule has 5 nitrogen and oxygen atoms in total. The highest BCUT2D eigenvalue weighted by Crippen LogP contribution is 2.08. The molecule has 1 rings (SSSR count). The monoisotopic (exact) mass is 238 g/mol. The Bertz CT molecular complexity index is 391. The van der Waals surface area contributed by atoms with E-state index in [4.69, 9.17) is 15.9 Å². The summed E-state index contributed by atoms with van der Waals surface area (Å²) in [4.78, 5) is 3.97. The Kier molecular flexibility index (Phi) is 5.09. The van der Waals surface area contributed by atoms with Crippen LogP contribution in [0.1, 0.15) is 5.69 Å². The normalized spacial score (nSPS) is 9.94. The van der Waals surface area contributed by atoms with Crippen LogP contribution in [0.25, 0.3) is 0 Å². The molecule has 0 fully saturated rings. The maximum absolute atomic E-state index is 11.8. The van der Waals surface area contributed by atoms with E-state index in [0.29, 0.717) is 17.1 Å². The number of alkyl halides is 1. The van der Waals surface area contributed by atoms with Gasteiger partial charge in [-0.2, -0.15) is 0 Å². The van der Waals surface area contributed by atoms with Crippen molar-refractivity contribution in [1.82, 2.24) is 4.98 Å². The van der Waals surface area contributed by atoms with Gasteiger partial charge in [0.15, 0.2) is 0 Å². The Balaban J connectivity index is 2.46. The molecule has 0 aliphatic rings. The third-order valence-corrected chi connectivity index (χ3v) is 1.86. The summed E-state index contributed by atoms with van der Waals surface area (Å²) in [5.74, 6) is -0.0818. The first-order chi connectivity index (χ1) is 8.13. The highest BCUT2D eigenvalue weighted by Gasteiger charge is 2.00. The van der Waals surface area contributed by atoms with Crippen LogP contribution < -0.4 is 11.1 Å². The van der Waals surface area contributed by atoms with Crippen molar-refractivity contribution in [3.63, 3.8) is 0 Å². The number of nitrogens with two attached hydrogens (primary N) is 1. The molecule has 0 aliphatic carbocycles. The zero-order valence-corrected chi connectivity index (χ0v) is 9.37. The van der Waals surface area contributed by atoms with Crippen LogP contribution in [-0.4, -0.2) is 30.7 Å². The number of hydrogen-bond acceptors (Lipinski definition) is 4. The van der Waals surface area contributed by atoms with Gasteiger partial charge in [-0.05, 0) is 12.1 Å². The van der Waals surface area contributed by atoms with Crippen LogP contribution in [0.3, 0.4) is 0 Å². The van der Waals surface area contributed by atoms with Crippen LogP contribution in [0.4, 0.5) is 10.1 Å². The van der Waals surface area contributed by atoms with Gasteiger partial charge in [-0.1, -0.05) is 6.58 Å². The van der Waals surface area contributed by atoms with Gasteiger partial charge in [0.2, 0.25) is 0 Å². The summed E-state index contributed by atoms with van der Waals surface area (Å²) in [5.41, 5.74) is 7.00. The summed E-state index contributed by atoms with van der Waals surface area (Å²) in [5, 5.41) is 10.1. The quantitative estimate of drug-likeness (QED) is 0.379. The predicted molar refractivity (Wildman–Crippen MR) is 64.8 cm³/mol. The molecule has 1 aromatic rings. The number of ether oxygens (including phenoxy) is 1. The van der Waals surface area contributed by atoms with Crippen LogP contribution in [-0.2, 0) is 4.74 Å². The minimum absolute atomic E-state index is 0.0578. The summed E-state index contributed by atoms with van der Waals surface area (Å²) in [6.07, 6.45) is 1.54. The van der Waals surface area contributed by atoms with Gasteiger partial charge in [0.05, 0.1) is 25.1 Å². The van der Waals surface area contributed by atoms with Crippen molar-refractivity contribution in [3.05, 3.63) is 36.3 Å². The molecule has 0 atom stereocenters. The lowest BCUT2D eigenvalue weighted by Gasteiger charge is -2.09. The van der Waals surface area contributed by atoms with Gasteiger partial charge in [0.25, 0.3) is 0 Å². The number of nitrogens with zero attached hydrogens (tertiary/aromatic N) is 1. The van der Waals surface area contributed by atoms with Crippen LogP contribution in [0, 0.1) is 5.41 Å². The third-order valence-electron chi connectivity index (χ3n) is 1.86. The number of rotatable bonds is 7. The number of hydrogen-bond donors (Lipinski definition) is 3. The number of pyridine rings is 1. The number of amidine groups is 1. The SMILES string of the molecule is C=C(COCCF)Nc1ccc(C(=N)N)nc1. The van der Waals surface area contributed by atoms with E-state index in [1.807, 2.05) is 0 Å². The average molecular weight is 238 g/mol. The third kappa shape index (κ3) is 4.60. The van der Waals surface area contributed by atoms with Crippen molar-refractivity contribution in [2.75, 3.05) is 25.2 Å². The van der Waals surface area contributed by atoms with Gasteiger partial charge in [-0.25, -0.2) is 4.39 Å². The van der Waals surface area contributed by atoms with E-state index in [2.05, 4.69) is 16.9 Å². The Labute approximate surface area is 99.0 Å². The van der Waals surface area contributed by atoms with Crippen LogP contribution in [0.15, 0.2) is 30.6 Å². The molecule has 17 heavy (non-hydrogen) atoms. The van der Waals surface area contributed by atoms with Crippen molar-refractivity contribution in [2.24, 2.45) is 5.73 Å². The van der Waals surface area contributed by atoms with Gasteiger partial charge >= 0.3 is 0 Å². The summed E-state index contributed by atoms with van der Waals surface area (Å²) in [7, 11) is 0. The van der Waals surface area contributed by atoms with Gasteiger partial charge in [0, 0.05) is 5.70 Å². The van der Waals surface area contributed by atoms with Crippen molar-refractivity contribution in [3.8, 4) is 0 Å². The van der Waals surface area contributed by atoms with E-state index in [1.165, 1.54) is 6.20 Å². The number of nitrogens with one attached hydrogen (secondary N) is 2. The number of anilines is 1. The first-order valence-corrected chi connectivity index (χ1v) is 5.02. The second kappa shape index (κ2) is 6.59. The highest BCUT2D eigenvalue weighted by atomic mass is 19.1. The van der Waals surface area contributed by atoms with E-state index < -0.39 is 6.67 Å². The van der Waals surface area contributed by atoms with Crippen molar-refractivity contribution < 1.29 is 9.13 Å². The molecule has 1 heterocycles. The Hall–Kier alpha value is -1.95. The molecule has 0 aromatic carbocycles. The molecule has 0 radical (unpaired) electrons. The van der Waals surface area contributed by atoms with E-state index in [1.54, 1.807) is 12.1 Å². The molecule has 0 bridgehead atoms. The maximum atomic E-state index is 11.8. The molecular formula is C11H15FN4O. The largest absolute Gasteiger partial charge is 0.382 e. The number of aromatic nitrogens is 1. The van der Waals surface area contributed by atoms with E-state index in [0.717, 1.165) is 0 Å². The number of nitrogen functional groups attached to an aromatic ring is 1. The standard InChI is InChI=1S/C11H15FN4O/c1-8(7-17-5-4-12)16-9-2-3-10(11(13)14)15-6-9/h2-3,6,16H,1,4-5,7H2,(H3,13,14). The van der Waals surface area contributed by atoms with Crippen molar-refractivity contribution in [2.45, 2.75) is 0 Å². The first kappa shape index (κ1) is 13.1. The zero-order chi connectivity index (χ0) is 12.7. The second-order valence-electron chi connectivity index (χ2n) is 3.32. The molecule has 0 saturated heterocycles. The maximum Gasteiger partial charge on any atom is 0.141 e. The predicted octanol–water partition coefficient (Wildman–Crippen LogP) is 1.28. The van der Waals surface area contributed by atoms with Gasteiger partial charge in [0.1, 0.15) is 18.2 Å². The fourth-order valence-corrected chi connectivity index (χ4v) is 1.12. The minimum atomic E-state index is -0.512. The first-order valence-electron chi connectivity index (χ1n) is 5.02. The molecule has 0 spiro atoms. The van der Waals surface area contributed by atoms with Crippen LogP contribution in [0.5, 0.6) is 0 Å². The summed E-state index contributed by atoms with van der Waals surface area (Å²) in [6, 6.07) is 3.35. The van der Waals surface area contributed by atoms with Gasteiger partial charge < -0.3 is 15.8 Å². The van der Waals surface area contributed by atoms with E-state index in [-0.39, 0.29) is 19.0 Å². The molecule has 4 N–H and O–H groups in total. The fraction of sp³-hybridized carbons (Fsp3) is 0.273. The lowest BCUT2D eigenvalue weighted by molar-refractivity contribution is 0.139. The van der Waals surface area contributed by atoms with Gasteiger partial charge in [-0.3, -0.25) is 10.4 Å². The summed E-state index contributed by atoms with van der Waals surface area (Å²) in [6.45, 7) is 3.51. The van der Waals surface area contributed by atoms with Crippen LogP contribution >= 0.6 is 0 Å². The van der Waals surface area contributed by atoms with Gasteiger partial charge in [-0.15, -0.1) is 0 Å². The smallest absolute Gasteiger partial charge is 0.141 e. The molecule has 92 valence electrons. The van der Waals surface area contributed by atoms with Crippen molar-refractivity contribution in [1.29, 1.82) is 5.41 Å². The Morgan fingerprint density at radius 1 is 1.59 bits per heavy atom. The van der Waals surface area contributed by atoms with E-state index >= 15 is 0 Å². The minimum Gasteiger partial charge on any atom is -0.382 e. The Morgan fingerprint density at radius 2 is 2.35 bits per heavy atom. The lowest BCUT2D eigenvalue weighted by atomic mass is 10.3. The molecular weight excluding hydrogens is 223 g/mol.